The molecule has 0 bridgehead atoms. The topological polar surface area (TPSA) is 91.3 Å². The van der Waals surface area contributed by atoms with Crippen molar-refractivity contribution in [3.8, 4) is 0 Å². The number of hydrogen-bond acceptors (Lipinski definition) is 7. The zero-order valence-electron chi connectivity index (χ0n) is 18.4. The normalized spacial score (nSPS) is 20.5. The average Bonchev–Trinajstić information content (AvgIpc) is 3.15. The second-order valence-corrected chi connectivity index (χ2v) is 11.1. The average molecular weight is 487 g/mol. The summed E-state index contributed by atoms with van der Waals surface area (Å²) < 4.78 is 33.1. The molecule has 174 valence electrons. The molecule has 2 aromatic carbocycles. The molecule has 8 nitrogen and oxygen atoms in total. The smallest absolute Gasteiger partial charge is 0.257 e. The summed E-state index contributed by atoms with van der Waals surface area (Å²) in [5.41, 5.74) is 3.82. The lowest BCUT2D eigenvalue weighted by atomic mass is 10.0. The van der Waals surface area contributed by atoms with Crippen molar-refractivity contribution in [2.45, 2.75) is 17.9 Å². The van der Waals surface area contributed by atoms with E-state index in [1.165, 1.54) is 22.9 Å². The minimum Gasteiger partial charge on any atom is -0.379 e. The van der Waals surface area contributed by atoms with Crippen LogP contribution in [0.2, 0.25) is 0 Å². The molecular weight excluding hydrogens is 460 g/mol. The number of nitrogens with zero attached hydrogens (tertiary/aromatic N) is 3. The van der Waals surface area contributed by atoms with Crippen LogP contribution < -0.4 is 10.2 Å². The highest BCUT2D eigenvalue weighted by Crippen LogP contribution is 2.42. The van der Waals surface area contributed by atoms with E-state index in [9.17, 15) is 13.2 Å². The monoisotopic (exact) mass is 486 g/mol. The molecule has 1 saturated heterocycles. The van der Waals surface area contributed by atoms with E-state index in [1.807, 2.05) is 17.0 Å². The molecule has 33 heavy (non-hydrogen) atoms. The summed E-state index contributed by atoms with van der Waals surface area (Å²) in [5, 5.41) is 3.57. The number of morpholine rings is 1. The van der Waals surface area contributed by atoms with Gasteiger partial charge in [-0.2, -0.15) is 0 Å². The van der Waals surface area contributed by atoms with Crippen LogP contribution in [0.5, 0.6) is 0 Å². The Hall–Kier alpha value is -2.40. The maximum absolute atomic E-state index is 13.0. The van der Waals surface area contributed by atoms with Crippen molar-refractivity contribution in [3.63, 3.8) is 0 Å². The van der Waals surface area contributed by atoms with Gasteiger partial charge in [0, 0.05) is 36.6 Å². The van der Waals surface area contributed by atoms with Crippen molar-refractivity contribution in [1.82, 2.24) is 10.2 Å². The van der Waals surface area contributed by atoms with Gasteiger partial charge in [0.25, 0.3) is 15.9 Å². The van der Waals surface area contributed by atoms with Crippen LogP contribution in [-0.2, 0) is 14.8 Å². The standard InChI is InChI=1S/C23H26N4O4S2/c1-16-3-2-4-17(13-16)20(26-7-10-31-11-8-26)15-24-22(28)18-5-6-19-21(14-18)32-23-25-33(29,30)12-9-27(19)23/h2-6,13-14,20H,7-12,15H2,1H3,(H,24,28). The van der Waals surface area contributed by atoms with Crippen LogP contribution in [0.15, 0.2) is 51.8 Å². The Labute approximate surface area is 198 Å². The predicted octanol–water partition coefficient (Wildman–Crippen LogP) is 2.41. The van der Waals surface area contributed by atoms with Gasteiger partial charge in [-0.05, 0) is 42.4 Å². The predicted molar refractivity (Wildman–Crippen MR) is 130 cm³/mol. The number of sulfonamides is 1. The zero-order valence-corrected chi connectivity index (χ0v) is 20.0. The summed E-state index contributed by atoms with van der Waals surface area (Å²) in [6.07, 6.45) is 0. The second-order valence-electron chi connectivity index (χ2n) is 8.38. The van der Waals surface area contributed by atoms with E-state index in [0.717, 1.165) is 23.7 Å². The van der Waals surface area contributed by atoms with Crippen molar-refractivity contribution < 1.29 is 17.9 Å². The molecule has 1 amide bonds. The number of fused-ring (bicyclic) bond motifs is 3. The summed E-state index contributed by atoms with van der Waals surface area (Å²) in [6, 6.07) is 13.9. The summed E-state index contributed by atoms with van der Waals surface area (Å²) in [6.45, 7) is 5.97. The van der Waals surface area contributed by atoms with Crippen LogP contribution in [-0.4, -0.2) is 69.5 Å². The third kappa shape index (κ3) is 4.79. The fraction of sp³-hybridized carbons (Fsp3) is 0.391. The van der Waals surface area contributed by atoms with E-state index in [-0.39, 0.29) is 17.7 Å². The van der Waals surface area contributed by atoms with E-state index in [0.29, 0.717) is 37.0 Å². The van der Waals surface area contributed by atoms with Crippen molar-refractivity contribution in [1.29, 1.82) is 0 Å². The molecule has 1 atom stereocenters. The van der Waals surface area contributed by atoms with Crippen molar-refractivity contribution in [3.05, 3.63) is 59.2 Å². The van der Waals surface area contributed by atoms with Gasteiger partial charge in [0.1, 0.15) is 0 Å². The Morgan fingerprint density at radius 2 is 2.00 bits per heavy atom. The summed E-state index contributed by atoms with van der Waals surface area (Å²) in [4.78, 5) is 18.1. The van der Waals surface area contributed by atoms with Crippen molar-refractivity contribution in [2.24, 2.45) is 4.40 Å². The molecule has 5 rings (SSSR count). The van der Waals surface area contributed by atoms with Gasteiger partial charge in [-0.15, -0.1) is 4.40 Å². The number of rotatable bonds is 5. The minimum absolute atomic E-state index is 0.000621. The number of nitrogens with one attached hydrogen (secondary N) is 1. The van der Waals surface area contributed by atoms with E-state index in [2.05, 4.69) is 45.8 Å². The van der Waals surface area contributed by atoms with Gasteiger partial charge < -0.3 is 15.0 Å². The summed E-state index contributed by atoms with van der Waals surface area (Å²) >= 11 is 1.29. The maximum atomic E-state index is 13.0. The summed E-state index contributed by atoms with van der Waals surface area (Å²) in [5.74, 6) is -0.149. The maximum Gasteiger partial charge on any atom is 0.257 e. The van der Waals surface area contributed by atoms with E-state index < -0.39 is 10.0 Å². The number of aryl methyl sites for hydroxylation is 1. The van der Waals surface area contributed by atoms with Crippen molar-refractivity contribution >= 4 is 38.5 Å². The molecular formula is C23H26N4O4S2. The van der Waals surface area contributed by atoms with Gasteiger partial charge >= 0.3 is 0 Å². The number of thioether (sulfide) groups is 1. The Kier molecular flexibility index (Phi) is 6.17. The van der Waals surface area contributed by atoms with Crippen LogP contribution in [0.1, 0.15) is 27.5 Å². The number of amides is 1. The number of hydrogen-bond donors (Lipinski definition) is 1. The van der Waals surface area contributed by atoms with Crippen LogP contribution in [0.4, 0.5) is 5.69 Å². The minimum atomic E-state index is -3.41. The highest BCUT2D eigenvalue weighted by Gasteiger charge is 2.33. The number of carbonyl (C=O) groups excluding carboxylic acids is 1. The molecule has 1 fully saturated rings. The Morgan fingerprint density at radius 3 is 2.79 bits per heavy atom. The highest BCUT2D eigenvalue weighted by atomic mass is 32.2. The van der Waals surface area contributed by atoms with Gasteiger partial charge in [-0.3, -0.25) is 9.69 Å². The number of benzene rings is 2. The zero-order chi connectivity index (χ0) is 23.0. The molecule has 3 aliphatic heterocycles. The first-order valence-corrected chi connectivity index (χ1v) is 13.4. The molecule has 0 aliphatic carbocycles. The van der Waals surface area contributed by atoms with Gasteiger partial charge in [0.05, 0.1) is 30.7 Å². The molecule has 0 spiro atoms. The molecule has 1 unspecified atom stereocenters. The lowest BCUT2D eigenvalue weighted by Gasteiger charge is -2.35. The van der Waals surface area contributed by atoms with E-state index >= 15 is 0 Å². The van der Waals surface area contributed by atoms with Gasteiger partial charge in [-0.1, -0.05) is 29.8 Å². The lowest BCUT2D eigenvalue weighted by Crippen LogP contribution is -2.43. The van der Waals surface area contributed by atoms with E-state index in [1.54, 1.807) is 6.07 Å². The fourth-order valence-electron chi connectivity index (χ4n) is 4.39. The van der Waals surface area contributed by atoms with Gasteiger partial charge in [-0.25, -0.2) is 8.42 Å². The fourth-order valence-corrected chi connectivity index (χ4v) is 6.68. The molecule has 0 aromatic heterocycles. The highest BCUT2D eigenvalue weighted by molar-refractivity contribution is 8.15. The number of amidine groups is 1. The first-order valence-electron chi connectivity index (χ1n) is 11.0. The van der Waals surface area contributed by atoms with Gasteiger partial charge in [0.15, 0.2) is 5.17 Å². The number of ether oxygens (including phenoxy) is 1. The Balaban J connectivity index is 1.32. The molecule has 0 radical (unpaired) electrons. The second kappa shape index (κ2) is 9.09. The van der Waals surface area contributed by atoms with Crippen LogP contribution >= 0.6 is 11.8 Å². The number of anilines is 1. The van der Waals surface area contributed by atoms with E-state index in [4.69, 9.17) is 4.74 Å². The molecule has 0 saturated carbocycles. The molecule has 10 heteroatoms. The first kappa shape index (κ1) is 22.4. The molecule has 3 aliphatic rings. The Bertz CT molecular complexity index is 1210. The third-order valence-corrected chi connectivity index (χ3v) is 8.41. The van der Waals surface area contributed by atoms with Crippen molar-refractivity contribution in [2.75, 3.05) is 50.0 Å². The first-order chi connectivity index (χ1) is 15.9. The van der Waals surface area contributed by atoms with Gasteiger partial charge in [0.2, 0.25) is 0 Å². The molecule has 2 aromatic rings. The lowest BCUT2D eigenvalue weighted by molar-refractivity contribution is 0.0162. The van der Waals surface area contributed by atoms with Crippen LogP contribution in [0.3, 0.4) is 0 Å². The van der Waals surface area contributed by atoms with Crippen LogP contribution in [0, 0.1) is 6.92 Å². The largest absolute Gasteiger partial charge is 0.379 e. The molecule has 3 heterocycles. The Morgan fingerprint density at radius 1 is 1.18 bits per heavy atom. The molecule has 1 N–H and O–H groups in total. The SMILES string of the molecule is Cc1cccc(C(CNC(=O)c2ccc3c(c2)SC2=NS(=O)(=O)CCN23)N2CCOCC2)c1. The third-order valence-electron chi connectivity index (χ3n) is 6.10. The summed E-state index contributed by atoms with van der Waals surface area (Å²) in [7, 11) is -3.41. The quantitative estimate of drug-likeness (QED) is 0.694. The number of carbonyl (C=O) groups is 1. The van der Waals surface area contributed by atoms with Crippen LogP contribution in [0.25, 0.3) is 0 Å².